The number of halogens is 4. The summed E-state index contributed by atoms with van der Waals surface area (Å²) in [5, 5.41) is 2.90. The van der Waals surface area contributed by atoms with E-state index >= 15 is 0 Å². The molecule has 0 aliphatic rings. The van der Waals surface area contributed by atoms with E-state index in [0.717, 1.165) is 12.5 Å². The van der Waals surface area contributed by atoms with Crippen molar-refractivity contribution in [3.05, 3.63) is 41.4 Å². The van der Waals surface area contributed by atoms with E-state index in [2.05, 4.69) is 11.9 Å². The quantitative estimate of drug-likeness (QED) is 0.736. The molecule has 0 aliphatic carbocycles. The van der Waals surface area contributed by atoms with Gasteiger partial charge in [0.1, 0.15) is 0 Å². The Labute approximate surface area is 110 Å². The van der Waals surface area contributed by atoms with Crippen LogP contribution in [0, 0.1) is 0 Å². The van der Waals surface area contributed by atoms with Gasteiger partial charge in [-0.1, -0.05) is 23.7 Å². The summed E-state index contributed by atoms with van der Waals surface area (Å²) in [5.41, 5.74) is -0.788. The molecule has 0 heterocycles. The summed E-state index contributed by atoms with van der Waals surface area (Å²) in [6.07, 6.45) is -1.24. The molecule has 0 bridgehead atoms. The molecule has 100 valence electrons. The molecule has 1 atom stereocenters. The van der Waals surface area contributed by atoms with Crippen LogP contribution in [0.15, 0.2) is 30.9 Å². The largest absolute Gasteiger partial charge is 0.418 e. The zero-order chi connectivity index (χ0) is 13.8. The van der Waals surface area contributed by atoms with Crippen LogP contribution in [-0.4, -0.2) is 6.04 Å². The lowest BCUT2D eigenvalue weighted by Gasteiger charge is -2.20. The second-order valence-corrected chi connectivity index (χ2v) is 4.48. The first-order valence-corrected chi connectivity index (χ1v) is 5.97. The molecule has 5 heteroatoms. The van der Waals surface area contributed by atoms with Gasteiger partial charge in [0, 0.05) is 6.04 Å². The molecule has 1 unspecified atom stereocenters. The summed E-state index contributed by atoms with van der Waals surface area (Å²) < 4.78 is 38.4. The van der Waals surface area contributed by atoms with Crippen LogP contribution >= 0.6 is 11.6 Å². The van der Waals surface area contributed by atoms with Gasteiger partial charge in [0.05, 0.1) is 16.3 Å². The van der Waals surface area contributed by atoms with Crippen LogP contribution in [-0.2, 0) is 6.18 Å². The minimum atomic E-state index is -4.41. The van der Waals surface area contributed by atoms with Gasteiger partial charge in [-0.05, 0) is 31.9 Å². The van der Waals surface area contributed by atoms with Crippen LogP contribution in [0.2, 0.25) is 5.02 Å². The average molecular weight is 278 g/mol. The zero-order valence-corrected chi connectivity index (χ0v) is 10.8. The second kappa shape index (κ2) is 6.14. The molecule has 0 aliphatic heterocycles. The van der Waals surface area contributed by atoms with Crippen LogP contribution in [0.5, 0.6) is 0 Å². The van der Waals surface area contributed by atoms with E-state index < -0.39 is 11.7 Å². The van der Waals surface area contributed by atoms with Crippen molar-refractivity contribution in [1.82, 2.24) is 0 Å². The lowest BCUT2D eigenvalue weighted by Crippen LogP contribution is -2.19. The van der Waals surface area contributed by atoms with Crippen molar-refractivity contribution in [2.24, 2.45) is 0 Å². The van der Waals surface area contributed by atoms with Gasteiger partial charge >= 0.3 is 6.18 Å². The van der Waals surface area contributed by atoms with Crippen LogP contribution < -0.4 is 5.32 Å². The van der Waals surface area contributed by atoms with E-state index in [0.29, 0.717) is 6.42 Å². The Balaban J connectivity index is 2.96. The maximum absolute atomic E-state index is 12.8. The van der Waals surface area contributed by atoms with Crippen LogP contribution in [0.4, 0.5) is 18.9 Å². The molecule has 0 saturated carbocycles. The summed E-state index contributed by atoms with van der Waals surface area (Å²) in [5.74, 6) is 0. The molecule has 1 nitrogen and oxygen atoms in total. The Bertz CT molecular complexity index is 415. The molecule has 0 amide bonds. The smallest absolute Gasteiger partial charge is 0.381 e. The van der Waals surface area contributed by atoms with Crippen LogP contribution in [0.3, 0.4) is 0 Å². The first-order valence-electron chi connectivity index (χ1n) is 5.59. The van der Waals surface area contributed by atoms with Gasteiger partial charge in [0.25, 0.3) is 0 Å². The highest BCUT2D eigenvalue weighted by molar-refractivity contribution is 6.33. The standard InChI is InChI=1S/C13H15ClF3N/c1-3-4-6-9(2)18-12-10(13(15,16)17)7-5-8-11(12)14/h3,5,7-9,18H,1,4,6H2,2H3. The van der Waals surface area contributed by atoms with Crippen molar-refractivity contribution in [3.63, 3.8) is 0 Å². The molecule has 1 N–H and O–H groups in total. The van der Waals surface area contributed by atoms with Crippen molar-refractivity contribution < 1.29 is 13.2 Å². The van der Waals surface area contributed by atoms with Gasteiger partial charge in [-0.3, -0.25) is 0 Å². The Morgan fingerprint density at radius 3 is 2.67 bits per heavy atom. The molecule has 1 aromatic carbocycles. The van der Waals surface area contributed by atoms with Crippen molar-refractivity contribution >= 4 is 17.3 Å². The number of hydrogen-bond donors (Lipinski definition) is 1. The number of hydrogen-bond acceptors (Lipinski definition) is 1. The van der Waals surface area contributed by atoms with E-state index in [4.69, 9.17) is 11.6 Å². The highest BCUT2D eigenvalue weighted by atomic mass is 35.5. The summed E-state index contributed by atoms with van der Waals surface area (Å²) in [7, 11) is 0. The van der Waals surface area contributed by atoms with E-state index in [-0.39, 0.29) is 16.8 Å². The maximum atomic E-state index is 12.8. The number of rotatable bonds is 5. The molecule has 0 fully saturated rings. The topological polar surface area (TPSA) is 12.0 Å². The fraction of sp³-hybridized carbons (Fsp3) is 0.385. The Hall–Kier alpha value is -1.16. The first kappa shape index (κ1) is 14.9. The van der Waals surface area contributed by atoms with Gasteiger partial charge < -0.3 is 5.32 Å². The van der Waals surface area contributed by atoms with Gasteiger partial charge in [-0.2, -0.15) is 13.2 Å². The number of allylic oxidation sites excluding steroid dienone is 1. The van der Waals surface area contributed by atoms with E-state index in [1.54, 1.807) is 6.08 Å². The molecule has 1 aromatic rings. The molecule has 0 spiro atoms. The van der Waals surface area contributed by atoms with Crippen molar-refractivity contribution in [2.45, 2.75) is 32.0 Å². The first-order chi connectivity index (χ1) is 8.36. The predicted octanol–water partition coefficient (Wildman–Crippen LogP) is 5.13. The lowest BCUT2D eigenvalue weighted by atomic mass is 10.1. The van der Waals surface area contributed by atoms with Gasteiger partial charge in [0.15, 0.2) is 0 Å². The van der Waals surface area contributed by atoms with Gasteiger partial charge in [0.2, 0.25) is 0 Å². The summed E-state index contributed by atoms with van der Waals surface area (Å²) >= 11 is 5.83. The highest BCUT2D eigenvalue weighted by Crippen LogP contribution is 2.38. The third kappa shape index (κ3) is 3.95. The van der Waals surface area contributed by atoms with Gasteiger partial charge in [-0.25, -0.2) is 0 Å². The fourth-order valence-electron chi connectivity index (χ4n) is 1.59. The lowest BCUT2D eigenvalue weighted by molar-refractivity contribution is -0.137. The highest BCUT2D eigenvalue weighted by Gasteiger charge is 2.34. The number of benzene rings is 1. The summed E-state index contributed by atoms with van der Waals surface area (Å²) in [4.78, 5) is 0. The van der Waals surface area contributed by atoms with Crippen molar-refractivity contribution in [3.8, 4) is 0 Å². The third-order valence-corrected chi connectivity index (χ3v) is 2.83. The number of anilines is 1. The van der Waals surface area contributed by atoms with Crippen molar-refractivity contribution in [2.75, 3.05) is 5.32 Å². The van der Waals surface area contributed by atoms with E-state index in [1.807, 2.05) is 6.92 Å². The third-order valence-electron chi connectivity index (χ3n) is 2.51. The van der Waals surface area contributed by atoms with E-state index in [9.17, 15) is 13.2 Å². The monoisotopic (exact) mass is 277 g/mol. The molecule has 1 rings (SSSR count). The average Bonchev–Trinajstić information content (AvgIpc) is 2.27. The minimum absolute atomic E-state index is 0.0526. The molecule has 0 aromatic heterocycles. The normalized spacial score (nSPS) is 13.2. The Kier molecular flexibility index (Phi) is 5.08. The van der Waals surface area contributed by atoms with Crippen LogP contribution in [0.1, 0.15) is 25.3 Å². The number of alkyl halides is 3. The number of nitrogens with one attached hydrogen (secondary N) is 1. The zero-order valence-electron chi connectivity index (χ0n) is 10.0. The fourth-order valence-corrected chi connectivity index (χ4v) is 1.82. The van der Waals surface area contributed by atoms with Crippen LogP contribution in [0.25, 0.3) is 0 Å². The molecule has 0 saturated heterocycles. The molecular formula is C13H15ClF3N. The Morgan fingerprint density at radius 2 is 2.11 bits per heavy atom. The second-order valence-electron chi connectivity index (χ2n) is 4.07. The van der Waals surface area contributed by atoms with Crippen molar-refractivity contribution in [1.29, 1.82) is 0 Å². The molecular weight excluding hydrogens is 263 g/mol. The Morgan fingerprint density at radius 1 is 1.44 bits per heavy atom. The SMILES string of the molecule is C=CCCC(C)Nc1c(Cl)cccc1C(F)(F)F. The molecule has 18 heavy (non-hydrogen) atoms. The molecule has 0 radical (unpaired) electrons. The van der Waals surface area contributed by atoms with E-state index in [1.165, 1.54) is 12.1 Å². The summed E-state index contributed by atoms with van der Waals surface area (Å²) in [6, 6.07) is 3.66. The van der Waals surface area contributed by atoms with Gasteiger partial charge in [-0.15, -0.1) is 6.58 Å². The summed E-state index contributed by atoms with van der Waals surface area (Å²) in [6.45, 7) is 5.39. The maximum Gasteiger partial charge on any atom is 0.418 e. The predicted molar refractivity (Wildman–Crippen MR) is 69.0 cm³/mol. The number of para-hydroxylation sites is 1. The minimum Gasteiger partial charge on any atom is -0.381 e.